The van der Waals surface area contributed by atoms with Gasteiger partial charge in [-0.3, -0.25) is 9.69 Å². The third-order valence-corrected chi connectivity index (χ3v) is 7.78. The molecule has 7 nitrogen and oxygen atoms in total. The molecule has 2 unspecified atom stereocenters. The Morgan fingerprint density at radius 2 is 1.97 bits per heavy atom. The number of hydrogen-bond donors (Lipinski definition) is 0. The van der Waals surface area contributed by atoms with Crippen LogP contribution in [0.25, 0.3) is 0 Å². The molecule has 3 heterocycles. The van der Waals surface area contributed by atoms with E-state index in [0.29, 0.717) is 35.6 Å². The molecular formula is C26H24F3N3O4S. The molecule has 2 atom stereocenters. The van der Waals surface area contributed by atoms with Gasteiger partial charge in [0.05, 0.1) is 5.51 Å². The lowest BCUT2D eigenvalue weighted by Crippen LogP contribution is -2.35. The molecule has 0 bridgehead atoms. The largest absolute Gasteiger partial charge is 0.573 e. The minimum atomic E-state index is -4.77. The van der Waals surface area contributed by atoms with Gasteiger partial charge in [0.1, 0.15) is 11.4 Å². The molecule has 0 radical (unpaired) electrons. The van der Waals surface area contributed by atoms with Gasteiger partial charge >= 0.3 is 6.36 Å². The van der Waals surface area contributed by atoms with Crippen molar-refractivity contribution in [2.75, 3.05) is 26.4 Å². The summed E-state index contributed by atoms with van der Waals surface area (Å²) in [6.07, 6.45) is -4.77. The lowest BCUT2D eigenvalue weighted by atomic mass is 10.1. The average molecular weight is 532 g/mol. The number of fused-ring (bicyclic) bond motifs is 2. The van der Waals surface area contributed by atoms with Crippen molar-refractivity contribution in [1.82, 2.24) is 14.8 Å². The Bertz CT molecular complexity index is 1270. The fourth-order valence-corrected chi connectivity index (χ4v) is 6.03. The molecule has 194 valence electrons. The van der Waals surface area contributed by atoms with E-state index in [-0.39, 0.29) is 25.0 Å². The number of amides is 1. The summed E-state index contributed by atoms with van der Waals surface area (Å²) in [5, 5.41) is 1.69. The molecule has 2 aliphatic heterocycles. The second-order valence-electron chi connectivity index (χ2n) is 9.59. The smallest absolute Gasteiger partial charge is 0.454 e. The molecule has 1 saturated heterocycles. The number of benzene rings is 2. The van der Waals surface area contributed by atoms with Crippen molar-refractivity contribution in [3.05, 3.63) is 70.2 Å². The maximum Gasteiger partial charge on any atom is 0.573 e. The summed E-state index contributed by atoms with van der Waals surface area (Å²) in [5.74, 6) is 2.36. The van der Waals surface area contributed by atoms with Crippen LogP contribution in [0, 0.1) is 17.8 Å². The third-order valence-electron chi connectivity index (χ3n) is 7.19. The summed E-state index contributed by atoms with van der Waals surface area (Å²) >= 11 is 1.33. The highest BCUT2D eigenvalue weighted by atomic mass is 32.1. The van der Waals surface area contributed by atoms with E-state index in [2.05, 4.69) is 20.7 Å². The molecule has 2 aromatic carbocycles. The predicted molar refractivity (Wildman–Crippen MR) is 128 cm³/mol. The van der Waals surface area contributed by atoms with Crippen LogP contribution >= 0.6 is 11.3 Å². The molecule has 1 aromatic heterocycles. The van der Waals surface area contributed by atoms with Crippen LogP contribution in [0.2, 0.25) is 0 Å². The summed E-state index contributed by atoms with van der Waals surface area (Å²) in [5.41, 5.74) is 3.62. The summed E-state index contributed by atoms with van der Waals surface area (Å²) in [6, 6.07) is 11.7. The third kappa shape index (κ3) is 5.24. The van der Waals surface area contributed by atoms with E-state index < -0.39 is 6.36 Å². The highest BCUT2D eigenvalue weighted by molar-refractivity contribution is 7.07. The van der Waals surface area contributed by atoms with Crippen molar-refractivity contribution < 1.29 is 32.2 Å². The molecule has 11 heteroatoms. The maximum absolute atomic E-state index is 13.2. The van der Waals surface area contributed by atoms with Gasteiger partial charge in [0.2, 0.25) is 6.79 Å². The Balaban J connectivity index is 1.11. The van der Waals surface area contributed by atoms with Crippen LogP contribution in [0.3, 0.4) is 0 Å². The van der Waals surface area contributed by atoms with E-state index >= 15 is 0 Å². The number of halogens is 3. The van der Waals surface area contributed by atoms with Crippen LogP contribution in [0.1, 0.15) is 21.6 Å². The van der Waals surface area contributed by atoms with Gasteiger partial charge in [-0.25, -0.2) is 4.98 Å². The quantitative estimate of drug-likeness (QED) is 0.417. The first-order chi connectivity index (χ1) is 17.8. The molecule has 6 rings (SSSR count). The number of piperidine rings is 1. The minimum absolute atomic E-state index is 0.179. The van der Waals surface area contributed by atoms with E-state index in [1.165, 1.54) is 29.5 Å². The highest BCUT2D eigenvalue weighted by Gasteiger charge is 2.56. The molecule has 3 aliphatic rings. The van der Waals surface area contributed by atoms with E-state index in [1.54, 1.807) is 21.9 Å². The van der Waals surface area contributed by atoms with E-state index in [0.717, 1.165) is 36.7 Å². The highest BCUT2D eigenvalue weighted by Crippen LogP contribution is 2.53. The Morgan fingerprint density at radius 1 is 1.16 bits per heavy atom. The standard InChI is InChI=1S/C26H24F3N3O4S/c27-26(28,29)36-18-5-1-3-16(7-18)8-32(25(33)22-13-37-14-30-22)12-21-19-10-31(11-20(19)21)9-17-4-2-6-23-24(17)35-15-34-23/h1-7,13-14,19-21H,8-12,15H2. The van der Waals surface area contributed by atoms with Crippen LogP contribution in [0.4, 0.5) is 13.2 Å². The van der Waals surface area contributed by atoms with Crippen molar-refractivity contribution in [3.8, 4) is 17.2 Å². The Morgan fingerprint density at radius 3 is 2.73 bits per heavy atom. The number of thiazole rings is 1. The van der Waals surface area contributed by atoms with Gasteiger partial charge in [0.25, 0.3) is 5.91 Å². The van der Waals surface area contributed by atoms with Gasteiger partial charge in [-0.05, 0) is 41.5 Å². The second-order valence-corrected chi connectivity index (χ2v) is 10.3. The summed E-state index contributed by atoms with van der Waals surface area (Å²) in [6.45, 7) is 3.58. The average Bonchev–Trinajstić information content (AvgIpc) is 3.39. The lowest BCUT2D eigenvalue weighted by Gasteiger charge is -2.25. The summed E-state index contributed by atoms with van der Waals surface area (Å²) in [7, 11) is 0. The van der Waals surface area contributed by atoms with Gasteiger partial charge in [-0.2, -0.15) is 0 Å². The number of ether oxygens (including phenoxy) is 3. The minimum Gasteiger partial charge on any atom is -0.454 e. The van der Waals surface area contributed by atoms with Crippen molar-refractivity contribution in [3.63, 3.8) is 0 Å². The van der Waals surface area contributed by atoms with Crippen LogP contribution in [0.5, 0.6) is 17.2 Å². The Kier molecular flexibility index (Phi) is 6.20. The van der Waals surface area contributed by atoms with Gasteiger partial charge in [0.15, 0.2) is 11.5 Å². The monoisotopic (exact) mass is 531 g/mol. The van der Waals surface area contributed by atoms with Gasteiger partial charge < -0.3 is 19.1 Å². The zero-order valence-corrected chi connectivity index (χ0v) is 20.5. The van der Waals surface area contributed by atoms with Crippen molar-refractivity contribution >= 4 is 17.2 Å². The number of likely N-dealkylation sites (tertiary alicyclic amines) is 1. The molecule has 37 heavy (non-hydrogen) atoms. The molecular weight excluding hydrogens is 507 g/mol. The molecule has 1 amide bonds. The molecule has 1 aliphatic carbocycles. The fourth-order valence-electron chi connectivity index (χ4n) is 5.51. The summed E-state index contributed by atoms with van der Waals surface area (Å²) < 4.78 is 53.2. The number of aromatic nitrogens is 1. The number of hydrogen-bond acceptors (Lipinski definition) is 7. The van der Waals surface area contributed by atoms with Crippen molar-refractivity contribution in [1.29, 1.82) is 0 Å². The predicted octanol–water partition coefficient (Wildman–Crippen LogP) is 4.79. The number of carbonyl (C=O) groups is 1. The first kappa shape index (κ1) is 24.1. The topological polar surface area (TPSA) is 64.1 Å². The van der Waals surface area contributed by atoms with Crippen molar-refractivity contribution in [2.24, 2.45) is 17.8 Å². The van der Waals surface area contributed by atoms with Gasteiger partial charge in [0, 0.05) is 43.7 Å². The second kappa shape index (κ2) is 9.53. The fraction of sp³-hybridized carbons (Fsp3) is 0.385. The molecule has 0 N–H and O–H groups in total. The number of para-hydroxylation sites is 1. The number of carbonyl (C=O) groups excluding carboxylic acids is 1. The Hall–Kier alpha value is -3.31. The van der Waals surface area contributed by atoms with Gasteiger partial charge in [-0.1, -0.05) is 24.3 Å². The lowest BCUT2D eigenvalue weighted by molar-refractivity contribution is -0.274. The normalized spacial score (nSPS) is 22.1. The SMILES string of the molecule is O=C(c1cscn1)N(Cc1cccc(OC(F)(F)F)c1)CC1C2CN(Cc3cccc4c3OCO4)CC21. The van der Waals surface area contributed by atoms with E-state index in [4.69, 9.17) is 9.47 Å². The van der Waals surface area contributed by atoms with E-state index in [9.17, 15) is 18.0 Å². The van der Waals surface area contributed by atoms with Crippen molar-refractivity contribution in [2.45, 2.75) is 19.5 Å². The molecule has 1 saturated carbocycles. The van der Waals surface area contributed by atoms with Gasteiger partial charge in [-0.15, -0.1) is 24.5 Å². The number of rotatable bonds is 8. The zero-order valence-electron chi connectivity index (χ0n) is 19.7. The molecule has 2 fully saturated rings. The first-order valence-corrected chi connectivity index (χ1v) is 12.9. The number of nitrogens with zero attached hydrogens (tertiary/aromatic N) is 3. The van der Waals surface area contributed by atoms with Crippen LogP contribution in [0.15, 0.2) is 53.4 Å². The van der Waals surface area contributed by atoms with E-state index in [1.807, 2.05) is 12.1 Å². The van der Waals surface area contributed by atoms with Crippen LogP contribution in [-0.2, 0) is 13.1 Å². The van der Waals surface area contributed by atoms with Crippen LogP contribution < -0.4 is 14.2 Å². The zero-order chi connectivity index (χ0) is 25.6. The maximum atomic E-state index is 13.2. The molecule has 3 aromatic rings. The molecule has 0 spiro atoms. The summed E-state index contributed by atoms with van der Waals surface area (Å²) in [4.78, 5) is 21.5. The first-order valence-electron chi connectivity index (χ1n) is 12.0. The van der Waals surface area contributed by atoms with Crippen LogP contribution in [-0.4, -0.2) is 53.5 Å². The number of alkyl halides is 3. The Labute approximate surface area is 215 Å².